The fourth-order valence-electron chi connectivity index (χ4n) is 6.74. The van der Waals surface area contributed by atoms with E-state index in [1.165, 1.54) is 17.7 Å². The molecular weight excluding hydrogens is 560 g/mol. The SMILES string of the molecule is C=CCN(C(=O)OCc1ccc([N+](=O)[O-])cc1)C1CCN(CC2CC(NC(C(=O)O)C(C)CC)CC2c2ccccc2)CC1. The van der Waals surface area contributed by atoms with Gasteiger partial charge in [0, 0.05) is 50.4 Å². The van der Waals surface area contributed by atoms with Crippen molar-refractivity contribution in [2.45, 2.75) is 76.6 Å². The number of nitro groups is 1. The minimum Gasteiger partial charge on any atom is -0.480 e. The Morgan fingerprint density at radius 3 is 2.43 bits per heavy atom. The van der Waals surface area contributed by atoms with E-state index in [0.717, 1.165) is 51.7 Å². The van der Waals surface area contributed by atoms with E-state index in [9.17, 15) is 24.8 Å². The van der Waals surface area contributed by atoms with Crippen LogP contribution >= 0.6 is 0 Å². The maximum absolute atomic E-state index is 13.1. The van der Waals surface area contributed by atoms with E-state index in [1.807, 2.05) is 19.9 Å². The number of likely N-dealkylation sites (tertiary alicyclic amines) is 1. The molecule has 2 aromatic rings. The highest BCUT2D eigenvalue weighted by Crippen LogP contribution is 2.41. The van der Waals surface area contributed by atoms with Crippen LogP contribution in [0.1, 0.15) is 63.0 Å². The van der Waals surface area contributed by atoms with Crippen molar-refractivity contribution < 1.29 is 24.4 Å². The molecule has 238 valence electrons. The van der Waals surface area contributed by atoms with Crippen LogP contribution < -0.4 is 5.32 Å². The van der Waals surface area contributed by atoms with Gasteiger partial charge in [-0.1, -0.05) is 56.7 Å². The second-order valence-corrected chi connectivity index (χ2v) is 12.3. The monoisotopic (exact) mass is 606 g/mol. The van der Waals surface area contributed by atoms with E-state index in [2.05, 4.69) is 41.1 Å². The van der Waals surface area contributed by atoms with Gasteiger partial charge in [0.1, 0.15) is 12.6 Å². The number of piperidine rings is 1. The molecule has 2 fully saturated rings. The zero-order chi connectivity index (χ0) is 31.6. The molecular formula is C34H46N4O6. The predicted molar refractivity (Wildman–Crippen MR) is 169 cm³/mol. The van der Waals surface area contributed by atoms with E-state index in [-0.39, 0.29) is 30.3 Å². The van der Waals surface area contributed by atoms with Crippen LogP contribution in [0.3, 0.4) is 0 Å². The summed E-state index contributed by atoms with van der Waals surface area (Å²) in [5.74, 6) is 0.0230. The zero-order valence-electron chi connectivity index (χ0n) is 25.8. The topological polar surface area (TPSA) is 125 Å². The van der Waals surface area contributed by atoms with Gasteiger partial charge >= 0.3 is 12.1 Å². The molecule has 2 aromatic carbocycles. The van der Waals surface area contributed by atoms with Gasteiger partial charge in [0.25, 0.3) is 5.69 Å². The van der Waals surface area contributed by atoms with Gasteiger partial charge in [-0.2, -0.15) is 0 Å². The van der Waals surface area contributed by atoms with Crippen LogP contribution in [0.25, 0.3) is 0 Å². The molecule has 1 heterocycles. The summed E-state index contributed by atoms with van der Waals surface area (Å²) < 4.78 is 5.59. The van der Waals surface area contributed by atoms with Crippen molar-refractivity contribution in [1.29, 1.82) is 0 Å². The second-order valence-electron chi connectivity index (χ2n) is 12.3. The molecule has 0 spiro atoms. The normalized spacial score (nSPS) is 22.2. The standard InChI is InChI=1S/C34H46N4O6/c1-4-17-37(34(41)44-23-25-11-13-30(14-12-25)38(42)43)29-15-18-36(19-16-29)22-27-20-28(35-32(33(39)40)24(3)5-2)21-31(27)26-9-7-6-8-10-26/h4,6-14,24,27-29,31-32,35H,1,5,15-23H2,2-3H3,(H,39,40). The summed E-state index contributed by atoms with van der Waals surface area (Å²) in [6.07, 6.45) is 5.59. The number of non-ortho nitro benzene ring substituents is 1. The molecule has 10 heteroatoms. The molecule has 0 bridgehead atoms. The molecule has 2 N–H and O–H groups in total. The third-order valence-electron chi connectivity index (χ3n) is 9.38. The Morgan fingerprint density at radius 2 is 1.84 bits per heavy atom. The summed E-state index contributed by atoms with van der Waals surface area (Å²) in [6, 6.07) is 16.2. The van der Waals surface area contributed by atoms with Gasteiger partial charge in [-0.15, -0.1) is 6.58 Å². The Morgan fingerprint density at radius 1 is 1.16 bits per heavy atom. The van der Waals surface area contributed by atoms with Gasteiger partial charge < -0.3 is 25.0 Å². The van der Waals surface area contributed by atoms with E-state index in [1.54, 1.807) is 23.1 Å². The smallest absolute Gasteiger partial charge is 0.410 e. The minimum atomic E-state index is -0.781. The Hall–Kier alpha value is -3.76. The Labute approximate surface area is 260 Å². The number of hydrogen-bond donors (Lipinski definition) is 2. The Kier molecular flexibility index (Phi) is 11.9. The summed E-state index contributed by atoms with van der Waals surface area (Å²) in [5.41, 5.74) is 1.99. The number of aliphatic carboxylic acids is 1. The zero-order valence-corrected chi connectivity index (χ0v) is 25.8. The van der Waals surface area contributed by atoms with Crippen molar-refractivity contribution in [3.8, 4) is 0 Å². The first-order valence-electron chi connectivity index (χ1n) is 15.7. The van der Waals surface area contributed by atoms with Crippen molar-refractivity contribution in [2.75, 3.05) is 26.2 Å². The molecule has 0 radical (unpaired) electrons. The van der Waals surface area contributed by atoms with Crippen LogP contribution in [0.5, 0.6) is 0 Å². The summed E-state index contributed by atoms with van der Waals surface area (Å²) in [4.78, 5) is 39.8. The summed E-state index contributed by atoms with van der Waals surface area (Å²) in [5, 5.41) is 24.3. The number of nitrogens with one attached hydrogen (secondary N) is 1. The van der Waals surface area contributed by atoms with Crippen LogP contribution in [0.4, 0.5) is 10.5 Å². The lowest BCUT2D eigenvalue weighted by Crippen LogP contribution is -2.48. The maximum atomic E-state index is 13.1. The van der Waals surface area contributed by atoms with Crippen LogP contribution in [-0.2, 0) is 16.1 Å². The first kappa shape index (κ1) is 33.1. The van der Waals surface area contributed by atoms with E-state index in [0.29, 0.717) is 23.9 Å². The van der Waals surface area contributed by atoms with E-state index in [4.69, 9.17) is 4.74 Å². The molecule has 1 saturated carbocycles. The average Bonchev–Trinajstić information content (AvgIpc) is 3.44. The number of carboxylic acids is 1. The highest BCUT2D eigenvalue weighted by molar-refractivity contribution is 5.73. The first-order valence-corrected chi connectivity index (χ1v) is 15.7. The number of hydrogen-bond acceptors (Lipinski definition) is 7. The van der Waals surface area contributed by atoms with Crippen molar-refractivity contribution in [3.05, 3.63) is 88.5 Å². The van der Waals surface area contributed by atoms with Gasteiger partial charge in [-0.3, -0.25) is 14.9 Å². The quantitative estimate of drug-likeness (QED) is 0.156. The van der Waals surface area contributed by atoms with Crippen LogP contribution in [0, 0.1) is 22.0 Å². The number of amides is 1. The molecule has 1 saturated heterocycles. The molecule has 1 amide bonds. The fraction of sp³-hybridized carbons (Fsp3) is 0.529. The summed E-state index contributed by atoms with van der Waals surface area (Å²) in [6.45, 7) is 10.9. The summed E-state index contributed by atoms with van der Waals surface area (Å²) >= 11 is 0. The molecule has 0 aromatic heterocycles. The van der Waals surface area contributed by atoms with Crippen molar-refractivity contribution in [2.24, 2.45) is 11.8 Å². The van der Waals surface area contributed by atoms with Gasteiger partial charge in [0.2, 0.25) is 0 Å². The number of benzene rings is 2. The van der Waals surface area contributed by atoms with Gasteiger partial charge in [-0.25, -0.2) is 4.79 Å². The number of carbonyl (C=O) groups excluding carboxylic acids is 1. The average molecular weight is 607 g/mol. The number of nitro benzene ring substituents is 1. The fourth-order valence-corrected chi connectivity index (χ4v) is 6.74. The van der Waals surface area contributed by atoms with Gasteiger partial charge in [-0.05, 0) is 66.7 Å². The largest absolute Gasteiger partial charge is 0.480 e. The van der Waals surface area contributed by atoms with Crippen molar-refractivity contribution in [1.82, 2.24) is 15.1 Å². The van der Waals surface area contributed by atoms with E-state index < -0.39 is 23.0 Å². The number of nitrogens with zero attached hydrogens (tertiary/aromatic N) is 3. The maximum Gasteiger partial charge on any atom is 0.410 e. The molecule has 5 unspecified atom stereocenters. The van der Waals surface area contributed by atoms with Crippen molar-refractivity contribution in [3.63, 3.8) is 0 Å². The summed E-state index contributed by atoms with van der Waals surface area (Å²) in [7, 11) is 0. The predicted octanol–water partition coefficient (Wildman–Crippen LogP) is 5.84. The Balaban J connectivity index is 1.34. The van der Waals surface area contributed by atoms with Crippen LogP contribution in [-0.4, -0.2) is 76.2 Å². The number of ether oxygens (including phenoxy) is 1. The molecule has 4 rings (SSSR count). The minimum absolute atomic E-state index is 0.00450. The lowest BCUT2D eigenvalue weighted by atomic mass is 9.88. The highest BCUT2D eigenvalue weighted by atomic mass is 16.6. The highest BCUT2D eigenvalue weighted by Gasteiger charge is 2.39. The molecule has 1 aliphatic carbocycles. The second kappa shape index (κ2) is 15.8. The van der Waals surface area contributed by atoms with Crippen LogP contribution in [0.15, 0.2) is 67.3 Å². The number of carboxylic acid groups (broad SMARTS) is 1. The third kappa shape index (κ3) is 8.66. The lowest BCUT2D eigenvalue weighted by Gasteiger charge is -2.39. The molecule has 5 atom stereocenters. The van der Waals surface area contributed by atoms with E-state index >= 15 is 0 Å². The third-order valence-corrected chi connectivity index (χ3v) is 9.38. The van der Waals surface area contributed by atoms with Gasteiger partial charge in [0.05, 0.1) is 4.92 Å². The molecule has 44 heavy (non-hydrogen) atoms. The lowest BCUT2D eigenvalue weighted by molar-refractivity contribution is -0.384. The number of rotatable bonds is 14. The number of carbonyl (C=O) groups is 2. The molecule has 10 nitrogen and oxygen atoms in total. The van der Waals surface area contributed by atoms with Crippen molar-refractivity contribution >= 4 is 17.7 Å². The molecule has 1 aliphatic heterocycles. The first-order chi connectivity index (χ1) is 21.2. The van der Waals surface area contributed by atoms with Crippen LogP contribution in [0.2, 0.25) is 0 Å². The molecule has 2 aliphatic rings. The van der Waals surface area contributed by atoms with Gasteiger partial charge in [0.15, 0.2) is 0 Å². The Bertz CT molecular complexity index is 1250.